The average molecular weight is 511 g/mol. The van der Waals surface area contributed by atoms with Crippen molar-refractivity contribution >= 4 is 42.6 Å². The first kappa shape index (κ1) is 22.0. The highest BCUT2D eigenvalue weighted by Crippen LogP contribution is 2.21. The maximum absolute atomic E-state index is 12.6. The van der Waals surface area contributed by atoms with Gasteiger partial charge >= 0.3 is 0 Å². The number of rotatable bonds is 5. The quantitative estimate of drug-likeness (QED) is 0.405. The number of carbonyl (C=O) groups excluding carboxylic acids is 1. The van der Waals surface area contributed by atoms with Crippen LogP contribution in [0.15, 0.2) is 70.3 Å². The van der Waals surface area contributed by atoms with Gasteiger partial charge in [0, 0.05) is 23.4 Å². The predicted molar refractivity (Wildman–Crippen MR) is 126 cm³/mol. The molecule has 0 aliphatic heterocycles. The lowest BCUT2D eigenvalue weighted by atomic mass is 10.1. The molecule has 0 unspecified atom stereocenters. The maximum Gasteiger partial charge on any atom is 0.251 e. The van der Waals surface area contributed by atoms with Crippen LogP contribution in [-0.2, 0) is 16.4 Å². The number of amides is 1. The van der Waals surface area contributed by atoms with Crippen LogP contribution in [0.25, 0.3) is 22.3 Å². The molecule has 0 spiro atoms. The van der Waals surface area contributed by atoms with Gasteiger partial charge in [-0.2, -0.15) is 0 Å². The van der Waals surface area contributed by atoms with E-state index in [9.17, 15) is 13.2 Å². The van der Waals surface area contributed by atoms with Gasteiger partial charge in [0.25, 0.3) is 5.91 Å². The molecule has 4 aromatic rings. The van der Waals surface area contributed by atoms with E-state index in [4.69, 9.17) is 0 Å². The minimum atomic E-state index is -3.42. The molecule has 32 heavy (non-hydrogen) atoms. The monoisotopic (exact) mass is 510 g/mol. The molecular weight excluding hydrogens is 492 g/mol. The van der Waals surface area contributed by atoms with E-state index in [-0.39, 0.29) is 22.9 Å². The fourth-order valence-electron chi connectivity index (χ4n) is 3.26. The molecule has 0 bridgehead atoms. The second-order valence-electron chi connectivity index (χ2n) is 7.35. The number of pyridine rings is 3. The van der Waals surface area contributed by atoms with Crippen molar-refractivity contribution in [3.05, 3.63) is 82.2 Å². The Morgan fingerprint density at radius 3 is 2.56 bits per heavy atom. The zero-order valence-corrected chi connectivity index (χ0v) is 19.7. The van der Waals surface area contributed by atoms with Crippen molar-refractivity contribution in [3.63, 3.8) is 0 Å². The zero-order valence-electron chi connectivity index (χ0n) is 17.3. The largest absolute Gasteiger partial charge is 0.346 e. The van der Waals surface area contributed by atoms with Gasteiger partial charge in [-0.05, 0) is 70.9 Å². The standard InChI is InChI=1S/C23H19BrN4O3S/c1-14-6-7-15(10-21(14)32(2,30)31)23(29)26-13-17-11-20-16(12-25-17)8-9-19(27-20)18-4-3-5-22(24)28-18/h3-12H,13H2,1-2H3,(H,26,29). The van der Waals surface area contributed by atoms with Crippen LogP contribution in [0.1, 0.15) is 21.6 Å². The van der Waals surface area contributed by atoms with Gasteiger partial charge in [-0.1, -0.05) is 12.1 Å². The molecule has 3 heterocycles. The average Bonchev–Trinajstić information content (AvgIpc) is 2.76. The van der Waals surface area contributed by atoms with Gasteiger partial charge in [0.2, 0.25) is 0 Å². The highest BCUT2D eigenvalue weighted by molar-refractivity contribution is 9.10. The number of hydrogen-bond acceptors (Lipinski definition) is 6. The van der Waals surface area contributed by atoms with Crippen LogP contribution in [0, 0.1) is 6.92 Å². The Hall–Kier alpha value is -3.17. The molecule has 0 fully saturated rings. The van der Waals surface area contributed by atoms with E-state index in [0.29, 0.717) is 11.3 Å². The van der Waals surface area contributed by atoms with E-state index in [0.717, 1.165) is 33.1 Å². The summed E-state index contributed by atoms with van der Waals surface area (Å²) in [7, 11) is -3.42. The van der Waals surface area contributed by atoms with E-state index in [2.05, 4.69) is 36.2 Å². The minimum absolute atomic E-state index is 0.145. The summed E-state index contributed by atoms with van der Waals surface area (Å²) in [6.45, 7) is 1.87. The fourth-order valence-corrected chi connectivity index (χ4v) is 4.60. The summed E-state index contributed by atoms with van der Waals surface area (Å²) in [4.78, 5) is 26.2. The third-order valence-electron chi connectivity index (χ3n) is 4.89. The van der Waals surface area contributed by atoms with Gasteiger partial charge in [-0.3, -0.25) is 9.78 Å². The molecule has 1 N–H and O–H groups in total. The van der Waals surface area contributed by atoms with Gasteiger partial charge < -0.3 is 5.32 Å². The van der Waals surface area contributed by atoms with Crippen LogP contribution in [0.5, 0.6) is 0 Å². The van der Waals surface area contributed by atoms with E-state index in [1.807, 2.05) is 36.4 Å². The van der Waals surface area contributed by atoms with E-state index in [1.54, 1.807) is 25.3 Å². The second-order valence-corrected chi connectivity index (χ2v) is 10.1. The highest BCUT2D eigenvalue weighted by Gasteiger charge is 2.15. The van der Waals surface area contributed by atoms with Crippen molar-refractivity contribution in [2.45, 2.75) is 18.4 Å². The number of hydrogen-bond donors (Lipinski definition) is 1. The van der Waals surface area contributed by atoms with Crippen LogP contribution in [0.4, 0.5) is 0 Å². The Morgan fingerprint density at radius 1 is 1.03 bits per heavy atom. The zero-order chi connectivity index (χ0) is 22.9. The Morgan fingerprint density at radius 2 is 1.81 bits per heavy atom. The smallest absolute Gasteiger partial charge is 0.251 e. The number of nitrogens with zero attached hydrogens (tertiary/aromatic N) is 3. The molecule has 4 rings (SSSR count). The maximum atomic E-state index is 12.6. The molecule has 1 amide bonds. The molecule has 1 aromatic carbocycles. The molecule has 9 heteroatoms. The fraction of sp³-hybridized carbons (Fsp3) is 0.130. The third-order valence-corrected chi connectivity index (χ3v) is 6.57. The summed E-state index contributed by atoms with van der Waals surface area (Å²) >= 11 is 3.37. The first-order valence-corrected chi connectivity index (χ1v) is 12.4. The molecule has 7 nitrogen and oxygen atoms in total. The normalized spacial score (nSPS) is 11.5. The number of benzene rings is 1. The molecule has 0 aliphatic rings. The number of carbonyl (C=O) groups is 1. The topological polar surface area (TPSA) is 102 Å². The van der Waals surface area contributed by atoms with Crippen molar-refractivity contribution in [1.29, 1.82) is 0 Å². The number of fused-ring (bicyclic) bond motifs is 1. The summed E-state index contributed by atoms with van der Waals surface area (Å²) in [5.41, 5.74) is 3.72. The Balaban J connectivity index is 1.55. The van der Waals surface area contributed by atoms with Crippen LogP contribution >= 0.6 is 15.9 Å². The van der Waals surface area contributed by atoms with Crippen LogP contribution < -0.4 is 5.32 Å². The first-order chi connectivity index (χ1) is 15.2. The number of nitrogens with one attached hydrogen (secondary N) is 1. The number of aromatic nitrogens is 3. The summed E-state index contributed by atoms with van der Waals surface area (Å²) in [6.07, 6.45) is 2.83. The van der Waals surface area contributed by atoms with Crippen molar-refractivity contribution < 1.29 is 13.2 Å². The van der Waals surface area contributed by atoms with Crippen molar-refractivity contribution in [1.82, 2.24) is 20.3 Å². The number of halogens is 1. The molecule has 0 atom stereocenters. The predicted octanol–water partition coefficient (Wildman–Crippen LogP) is 4.10. The van der Waals surface area contributed by atoms with Crippen molar-refractivity contribution in [2.75, 3.05) is 6.26 Å². The third kappa shape index (κ3) is 4.84. The van der Waals surface area contributed by atoms with Gasteiger partial charge in [-0.15, -0.1) is 0 Å². The number of aryl methyl sites for hydroxylation is 1. The molecule has 0 aliphatic carbocycles. The van der Waals surface area contributed by atoms with Crippen molar-refractivity contribution in [2.24, 2.45) is 0 Å². The van der Waals surface area contributed by atoms with Gasteiger partial charge in [-0.25, -0.2) is 18.4 Å². The van der Waals surface area contributed by atoms with Crippen LogP contribution in [0.3, 0.4) is 0 Å². The lowest BCUT2D eigenvalue weighted by Crippen LogP contribution is -2.23. The molecular formula is C23H19BrN4O3S. The number of sulfone groups is 1. The van der Waals surface area contributed by atoms with Crippen molar-refractivity contribution in [3.8, 4) is 11.4 Å². The molecule has 3 aromatic heterocycles. The SMILES string of the molecule is Cc1ccc(C(=O)NCc2cc3nc(-c4cccc(Br)n4)ccc3cn2)cc1S(C)(=O)=O. The van der Waals surface area contributed by atoms with Gasteiger partial charge in [0.05, 0.1) is 34.0 Å². The summed E-state index contributed by atoms with van der Waals surface area (Å²) < 4.78 is 24.6. The lowest BCUT2D eigenvalue weighted by molar-refractivity contribution is 0.0950. The Bertz CT molecular complexity index is 1460. The summed E-state index contributed by atoms with van der Waals surface area (Å²) in [5, 5.41) is 3.66. The lowest BCUT2D eigenvalue weighted by Gasteiger charge is -2.09. The first-order valence-electron chi connectivity index (χ1n) is 9.68. The van der Waals surface area contributed by atoms with Crippen LogP contribution in [-0.4, -0.2) is 35.5 Å². The Labute approximate surface area is 194 Å². The highest BCUT2D eigenvalue weighted by atomic mass is 79.9. The summed E-state index contributed by atoms with van der Waals surface area (Å²) in [6, 6.07) is 15.9. The molecule has 0 saturated carbocycles. The minimum Gasteiger partial charge on any atom is -0.346 e. The Kier molecular flexibility index (Phi) is 6.03. The molecule has 162 valence electrons. The van der Waals surface area contributed by atoms with Gasteiger partial charge in [0.1, 0.15) is 4.60 Å². The van der Waals surface area contributed by atoms with E-state index < -0.39 is 9.84 Å². The molecule has 0 saturated heterocycles. The second kappa shape index (κ2) is 8.76. The van der Waals surface area contributed by atoms with Crippen LogP contribution in [0.2, 0.25) is 0 Å². The van der Waals surface area contributed by atoms with E-state index >= 15 is 0 Å². The molecule has 0 radical (unpaired) electrons. The van der Waals surface area contributed by atoms with E-state index in [1.165, 1.54) is 6.07 Å². The van der Waals surface area contributed by atoms with Gasteiger partial charge in [0.15, 0.2) is 9.84 Å². The summed E-state index contributed by atoms with van der Waals surface area (Å²) in [5.74, 6) is -0.378.